The van der Waals surface area contributed by atoms with Gasteiger partial charge in [0.2, 0.25) is 21.8 Å². The van der Waals surface area contributed by atoms with Crippen molar-refractivity contribution in [3.05, 3.63) is 58.1 Å². The van der Waals surface area contributed by atoms with Gasteiger partial charge in [-0.15, -0.1) is 0 Å². The molecule has 35 heavy (non-hydrogen) atoms. The van der Waals surface area contributed by atoms with E-state index in [1.165, 1.54) is 4.90 Å². The van der Waals surface area contributed by atoms with Crippen LogP contribution in [0, 0.1) is 6.92 Å². The number of rotatable bonds is 9. The van der Waals surface area contributed by atoms with Crippen molar-refractivity contribution < 1.29 is 22.7 Å². The van der Waals surface area contributed by atoms with Crippen molar-refractivity contribution in [2.75, 3.05) is 24.2 Å². The van der Waals surface area contributed by atoms with E-state index in [2.05, 4.69) is 21.2 Å². The lowest BCUT2D eigenvalue weighted by molar-refractivity contribution is -0.140. The Hall–Kier alpha value is -2.59. The van der Waals surface area contributed by atoms with Crippen molar-refractivity contribution in [3.8, 4) is 5.75 Å². The summed E-state index contributed by atoms with van der Waals surface area (Å²) < 4.78 is 32.4. The van der Waals surface area contributed by atoms with Gasteiger partial charge in [0.25, 0.3) is 0 Å². The average molecular weight is 569 g/mol. The summed E-state index contributed by atoms with van der Waals surface area (Å²) in [5.74, 6) is -0.160. The van der Waals surface area contributed by atoms with Gasteiger partial charge in [-0.05, 0) is 76.1 Å². The minimum atomic E-state index is -3.78. The van der Waals surface area contributed by atoms with E-state index in [9.17, 15) is 18.0 Å². The highest BCUT2D eigenvalue weighted by molar-refractivity contribution is 9.10. The first-order chi connectivity index (χ1) is 16.1. The Kier molecular flexibility index (Phi) is 9.36. The first-order valence-corrected chi connectivity index (χ1v) is 13.7. The predicted molar refractivity (Wildman–Crippen MR) is 142 cm³/mol. The molecule has 0 saturated heterocycles. The van der Waals surface area contributed by atoms with Gasteiger partial charge in [-0.2, -0.15) is 0 Å². The second-order valence-corrected chi connectivity index (χ2v) is 12.2. The minimum absolute atomic E-state index is 0.124. The molecule has 1 N–H and O–H groups in total. The van der Waals surface area contributed by atoms with E-state index in [0.29, 0.717) is 11.4 Å². The van der Waals surface area contributed by atoms with Crippen LogP contribution in [0.3, 0.4) is 0 Å². The van der Waals surface area contributed by atoms with Gasteiger partial charge in [0.05, 0.1) is 19.1 Å². The second-order valence-electron chi connectivity index (χ2n) is 9.49. The maximum absolute atomic E-state index is 13.6. The van der Waals surface area contributed by atoms with Gasteiger partial charge in [-0.1, -0.05) is 28.1 Å². The van der Waals surface area contributed by atoms with E-state index in [-0.39, 0.29) is 12.5 Å². The molecule has 0 spiro atoms. The standard InChI is InChI=1S/C25H34BrN3O5S/c1-17-14-20(10-13-22(17)26)29(35(7,32)33)16-23(30)28(18(2)24(31)27-25(3,4)5)15-19-8-11-21(34-6)12-9-19/h8-14,18H,15-16H2,1-7H3,(H,27,31). The van der Waals surface area contributed by atoms with Gasteiger partial charge in [0, 0.05) is 16.6 Å². The zero-order chi connectivity index (χ0) is 26.6. The van der Waals surface area contributed by atoms with Crippen molar-refractivity contribution in [2.24, 2.45) is 0 Å². The highest BCUT2D eigenvalue weighted by Gasteiger charge is 2.31. The topological polar surface area (TPSA) is 96.0 Å². The maximum atomic E-state index is 13.6. The Morgan fingerprint density at radius 3 is 2.20 bits per heavy atom. The summed E-state index contributed by atoms with van der Waals surface area (Å²) >= 11 is 3.41. The van der Waals surface area contributed by atoms with E-state index in [0.717, 1.165) is 26.2 Å². The van der Waals surface area contributed by atoms with Crippen LogP contribution in [0.2, 0.25) is 0 Å². The van der Waals surface area contributed by atoms with E-state index >= 15 is 0 Å². The zero-order valence-corrected chi connectivity index (χ0v) is 23.7. The molecule has 0 aliphatic carbocycles. The number of nitrogens with one attached hydrogen (secondary N) is 1. The highest BCUT2D eigenvalue weighted by atomic mass is 79.9. The fourth-order valence-electron chi connectivity index (χ4n) is 3.38. The molecular formula is C25H34BrN3O5S. The van der Waals surface area contributed by atoms with Gasteiger partial charge < -0.3 is 15.0 Å². The number of amides is 2. The highest BCUT2D eigenvalue weighted by Crippen LogP contribution is 2.25. The summed E-state index contributed by atoms with van der Waals surface area (Å²) in [5, 5.41) is 2.90. The van der Waals surface area contributed by atoms with Crippen molar-refractivity contribution >= 4 is 43.5 Å². The number of aryl methyl sites for hydroxylation is 1. The molecule has 0 fully saturated rings. The van der Waals surface area contributed by atoms with Crippen LogP contribution in [-0.4, -0.2) is 56.6 Å². The summed E-state index contributed by atoms with van der Waals surface area (Å²) in [6.07, 6.45) is 1.06. The molecule has 0 radical (unpaired) electrons. The third-order valence-corrected chi connectivity index (χ3v) is 7.32. The largest absolute Gasteiger partial charge is 0.497 e. The third-order valence-electron chi connectivity index (χ3n) is 5.29. The monoisotopic (exact) mass is 567 g/mol. The lowest BCUT2D eigenvalue weighted by atomic mass is 10.1. The summed E-state index contributed by atoms with van der Waals surface area (Å²) in [6, 6.07) is 11.4. The molecular weight excluding hydrogens is 534 g/mol. The molecule has 0 aromatic heterocycles. The number of carbonyl (C=O) groups is 2. The molecule has 0 aliphatic heterocycles. The molecule has 2 aromatic rings. The number of nitrogens with zero attached hydrogens (tertiary/aromatic N) is 2. The number of carbonyl (C=O) groups excluding carboxylic acids is 2. The van der Waals surface area contributed by atoms with Crippen LogP contribution in [0.15, 0.2) is 46.9 Å². The van der Waals surface area contributed by atoms with Crippen molar-refractivity contribution in [1.82, 2.24) is 10.2 Å². The molecule has 192 valence electrons. The third kappa shape index (κ3) is 8.24. The van der Waals surface area contributed by atoms with Crippen molar-refractivity contribution in [1.29, 1.82) is 0 Å². The molecule has 10 heteroatoms. The minimum Gasteiger partial charge on any atom is -0.497 e. The number of benzene rings is 2. The number of sulfonamides is 1. The molecule has 0 heterocycles. The Morgan fingerprint density at radius 1 is 1.11 bits per heavy atom. The average Bonchev–Trinajstić information content (AvgIpc) is 2.75. The zero-order valence-electron chi connectivity index (χ0n) is 21.3. The number of halogens is 1. The van der Waals surface area contributed by atoms with Crippen LogP contribution in [0.25, 0.3) is 0 Å². The Morgan fingerprint density at radius 2 is 1.71 bits per heavy atom. The molecule has 2 rings (SSSR count). The van der Waals surface area contributed by atoms with E-state index in [1.54, 1.807) is 56.5 Å². The van der Waals surface area contributed by atoms with Gasteiger partial charge >= 0.3 is 0 Å². The van der Waals surface area contributed by atoms with Gasteiger partial charge in [-0.3, -0.25) is 13.9 Å². The fraction of sp³-hybridized carbons (Fsp3) is 0.440. The summed E-state index contributed by atoms with van der Waals surface area (Å²) in [5.41, 5.74) is 1.49. The van der Waals surface area contributed by atoms with E-state index < -0.39 is 34.1 Å². The maximum Gasteiger partial charge on any atom is 0.244 e. The van der Waals surface area contributed by atoms with E-state index in [1.807, 2.05) is 27.7 Å². The lowest BCUT2D eigenvalue weighted by Gasteiger charge is -2.33. The smallest absolute Gasteiger partial charge is 0.244 e. The first-order valence-electron chi connectivity index (χ1n) is 11.1. The lowest BCUT2D eigenvalue weighted by Crippen LogP contribution is -2.54. The predicted octanol–water partition coefficient (Wildman–Crippen LogP) is 3.86. The summed E-state index contributed by atoms with van der Waals surface area (Å²) in [6.45, 7) is 8.72. The van der Waals surface area contributed by atoms with Crippen LogP contribution < -0.4 is 14.4 Å². The van der Waals surface area contributed by atoms with Crippen molar-refractivity contribution in [3.63, 3.8) is 0 Å². The van der Waals surface area contributed by atoms with Gasteiger partial charge in [0.1, 0.15) is 18.3 Å². The molecule has 0 saturated carbocycles. The quantitative estimate of drug-likeness (QED) is 0.496. The molecule has 0 aliphatic rings. The second kappa shape index (κ2) is 11.4. The summed E-state index contributed by atoms with van der Waals surface area (Å²) in [7, 11) is -2.22. The SMILES string of the molecule is COc1ccc(CN(C(=O)CN(c2ccc(Br)c(C)c2)S(C)(=O)=O)C(C)C(=O)NC(C)(C)C)cc1. The van der Waals surface area contributed by atoms with Crippen LogP contribution in [-0.2, 0) is 26.2 Å². The molecule has 8 nitrogen and oxygen atoms in total. The number of anilines is 1. The fourth-order valence-corrected chi connectivity index (χ4v) is 4.47. The number of hydrogen-bond acceptors (Lipinski definition) is 5. The van der Waals surface area contributed by atoms with Crippen LogP contribution >= 0.6 is 15.9 Å². The Bertz CT molecular complexity index is 1160. The number of methoxy groups -OCH3 is 1. The van der Waals surface area contributed by atoms with Crippen LogP contribution in [0.5, 0.6) is 5.75 Å². The molecule has 2 amide bonds. The summed E-state index contributed by atoms with van der Waals surface area (Å²) in [4.78, 5) is 27.9. The Labute approximate surface area is 216 Å². The van der Waals surface area contributed by atoms with Gasteiger partial charge in [0.15, 0.2) is 0 Å². The van der Waals surface area contributed by atoms with Crippen molar-refractivity contribution in [2.45, 2.75) is 52.7 Å². The molecule has 1 unspecified atom stereocenters. The first kappa shape index (κ1) is 28.6. The number of ether oxygens (including phenoxy) is 1. The number of hydrogen-bond donors (Lipinski definition) is 1. The normalized spacial score (nSPS) is 12.6. The Balaban J connectivity index is 2.42. The van der Waals surface area contributed by atoms with Crippen LogP contribution in [0.1, 0.15) is 38.8 Å². The molecule has 0 bridgehead atoms. The molecule has 2 aromatic carbocycles. The van der Waals surface area contributed by atoms with E-state index in [4.69, 9.17) is 4.74 Å². The van der Waals surface area contributed by atoms with Crippen LogP contribution in [0.4, 0.5) is 5.69 Å². The molecule has 1 atom stereocenters. The van der Waals surface area contributed by atoms with Gasteiger partial charge in [-0.25, -0.2) is 8.42 Å².